The third kappa shape index (κ3) is 1.50. The summed E-state index contributed by atoms with van der Waals surface area (Å²) in [7, 11) is 0. The van der Waals surface area contributed by atoms with E-state index in [9.17, 15) is 0 Å². The molecule has 0 atom stereocenters. The van der Waals surface area contributed by atoms with Crippen molar-refractivity contribution in [3.05, 3.63) is 28.6 Å². The van der Waals surface area contributed by atoms with Crippen molar-refractivity contribution in [3.63, 3.8) is 0 Å². The first-order valence-electron chi connectivity index (χ1n) is 4.46. The Morgan fingerprint density at radius 2 is 1.75 bits per heavy atom. The van der Waals surface area contributed by atoms with E-state index in [0.717, 1.165) is 5.69 Å². The van der Waals surface area contributed by atoms with Crippen molar-refractivity contribution in [3.8, 4) is 0 Å². The Labute approximate surface area is 74.8 Å². The molecule has 1 heterocycles. The Bertz CT molecular complexity index is 287. The van der Waals surface area contributed by atoms with Gasteiger partial charge in [0.05, 0.1) is 0 Å². The fourth-order valence-electron chi connectivity index (χ4n) is 1.74. The quantitative estimate of drug-likeness (QED) is 0.619. The number of nitrogens with zero attached hydrogens (tertiary/aromatic N) is 1. The lowest BCUT2D eigenvalue weighted by Gasteiger charge is -2.14. The second-order valence-electron chi connectivity index (χ2n) is 3.72. The van der Waals surface area contributed by atoms with Gasteiger partial charge in [-0.3, -0.25) is 4.98 Å². The summed E-state index contributed by atoms with van der Waals surface area (Å²) >= 11 is 0. The molecule has 12 heavy (non-hydrogen) atoms. The summed E-state index contributed by atoms with van der Waals surface area (Å²) in [5.74, 6) is 0.603. The van der Waals surface area contributed by atoms with Gasteiger partial charge in [0.1, 0.15) is 0 Å². The highest BCUT2D eigenvalue weighted by Gasteiger charge is 2.08. The highest BCUT2D eigenvalue weighted by molar-refractivity contribution is 5.36. The van der Waals surface area contributed by atoms with Crippen LogP contribution in [0.1, 0.15) is 42.1 Å². The fraction of sp³-hybridized carbons (Fsp3) is 0.545. The maximum Gasteiger partial charge on any atom is 0.0404 e. The first-order chi connectivity index (χ1) is 5.54. The van der Waals surface area contributed by atoms with Crippen LogP contribution in [-0.2, 0) is 0 Å². The number of hydrogen-bond acceptors (Lipinski definition) is 1. The Morgan fingerprint density at radius 1 is 1.17 bits per heavy atom. The SMILES string of the molecule is Cc1cnc(C)c(C)c1C(C)C. The molecule has 0 fully saturated rings. The third-order valence-corrected chi connectivity index (χ3v) is 2.40. The predicted octanol–water partition coefficient (Wildman–Crippen LogP) is 3.13. The molecule has 1 aromatic heterocycles. The second-order valence-corrected chi connectivity index (χ2v) is 3.72. The molecular formula is C11H17N. The van der Waals surface area contributed by atoms with Crippen LogP contribution in [0.15, 0.2) is 6.20 Å². The fourth-order valence-corrected chi connectivity index (χ4v) is 1.74. The lowest BCUT2D eigenvalue weighted by Crippen LogP contribution is -2.00. The van der Waals surface area contributed by atoms with Gasteiger partial charge in [-0.05, 0) is 43.4 Å². The zero-order chi connectivity index (χ0) is 9.30. The van der Waals surface area contributed by atoms with E-state index in [2.05, 4.69) is 39.6 Å². The monoisotopic (exact) mass is 163 g/mol. The Balaban J connectivity index is 3.33. The number of hydrogen-bond donors (Lipinski definition) is 0. The molecule has 0 aliphatic heterocycles. The van der Waals surface area contributed by atoms with Gasteiger partial charge in [0.15, 0.2) is 0 Å². The average Bonchev–Trinajstić information content (AvgIpc) is 1.97. The van der Waals surface area contributed by atoms with Crippen LogP contribution in [0.5, 0.6) is 0 Å². The Kier molecular flexibility index (Phi) is 2.51. The Morgan fingerprint density at radius 3 is 2.17 bits per heavy atom. The van der Waals surface area contributed by atoms with E-state index in [4.69, 9.17) is 0 Å². The summed E-state index contributed by atoms with van der Waals surface area (Å²) in [4.78, 5) is 4.32. The van der Waals surface area contributed by atoms with Crippen LogP contribution in [-0.4, -0.2) is 4.98 Å². The molecule has 0 aromatic carbocycles. The minimum absolute atomic E-state index is 0.603. The van der Waals surface area contributed by atoms with Crippen LogP contribution in [0.2, 0.25) is 0 Å². The molecular weight excluding hydrogens is 146 g/mol. The summed E-state index contributed by atoms with van der Waals surface area (Å²) in [6.45, 7) is 10.8. The summed E-state index contributed by atoms with van der Waals surface area (Å²) < 4.78 is 0. The van der Waals surface area contributed by atoms with Crippen molar-refractivity contribution < 1.29 is 0 Å². The molecule has 0 bridgehead atoms. The van der Waals surface area contributed by atoms with Crippen molar-refractivity contribution in [2.75, 3.05) is 0 Å². The van der Waals surface area contributed by atoms with Crippen molar-refractivity contribution in [1.29, 1.82) is 0 Å². The molecule has 0 unspecified atom stereocenters. The summed E-state index contributed by atoms with van der Waals surface area (Å²) in [6.07, 6.45) is 1.97. The molecule has 0 N–H and O–H groups in total. The molecule has 0 aliphatic rings. The summed E-state index contributed by atoms with van der Waals surface area (Å²) in [6, 6.07) is 0. The first-order valence-corrected chi connectivity index (χ1v) is 4.46. The molecule has 0 aliphatic carbocycles. The normalized spacial score (nSPS) is 10.8. The van der Waals surface area contributed by atoms with Gasteiger partial charge in [0, 0.05) is 11.9 Å². The standard InChI is InChI=1S/C11H17N/c1-7(2)11-8(3)6-12-10(5)9(11)4/h6-7H,1-5H3. The largest absolute Gasteiger partial charge is 0.261 e. The third-order valence-electron chi connectivity index (χ3n) is 2.40. The molecule has 1 nitrogen and oxygen atoms in total. The summed E-state index contributed by atoms with van der Waals surface area (Å²) in [5.41, 5.74) is 5.28. The molecule has 0 saturated carbocycles. The van der Waals surface area contributed by atoms with Crippen molar-refractivity contribution in [2.24, 2.45) is 0 Å². The summed E-state index contributed by atoms with van der Waals surface area (Å²) in [5, 5.41) is 0. The van der Waals surface area contributed by atoms with E-state index in [1.54, 1.807) is 0 Å². The van der Waals surface area contributed by atoms with Gasteiger partial charge in [-0.1, -0.05) is 13.8 Å². The molecule has 0 amide bonds. The molecule has 1 rings (SSSR count). The van der Waals surface area contributed by atoms with Crippen LogP contribution in [0.25, 0.3) is 0 Å². The van der Waals surface area contributed by atoms with E-state index in [-0.39, 0.29) is 0 Å². The topological polar surface area (TPSA) is 12.9 Å². The van der Waals surface area contributed by atoms with Crippen LogP contribution in [0.3, 0.4) is 0 Å². The number of pyridine rings is 1. The van der Waals surface area contributed by atoms with Crippen molar-refractivity contribution in [1.82, 2.24) is 4.98 Å². The lowest BCUT2D eigenvalue weighted by atomic mass is 9.94. The minimum atomic E-state index is 0.603. The van der Waals surface area contributed by atoms with E-state index in [1.165, 1.54) is 16.7 Å². The highest BCUT2D eigenvalue weighted by Crippen LogP contribution is 2.23. The van der Waals surface area contributed by atoms with Gasteiger partial charge in [-0.25, -0.2) is 0 Å². The van der Waals surface area contributed by atoms with Crippen molar-refractivity contribution in [2.45, 2.75) is 40.5 Å². The van der Waals surface area contributed by atoms with Gasteiger partial charge >= 0.3 is 0 Å². The van der Waals surface area contributed by atoms with Crippen LogP contribution in [0.4, 0.5) is 0 Å². The van der Waals surface area contributed by atoms with Gasteiger partial charge < -0.3 is 0 Å². The van der Waals surface area contributed by atoms with Gasteiger partial charge in [0.25, 0.3) is 0 Å². The van der Waals surface area contributed by atoms with Crippen LogP contribution >= 0.6 is 0 Å². The van der Waals surface area contributed by atoms with Crippen LogP contribution in [0, 0.1) is 20.8 Å². The number of aryl methyl sites for hydroxylation is 2. The minimum Gasteiger partial charge on any atom is -0.261 e. The highest BCUT2D eigenvalue weighted by atomic mass is 14.7. The number of aromatic nitrogens is 1. The second kappa shape index (κ2) is 3.26. The van der Waals surface area contributed by atoms with Crippen molar-refractivity contribution >= 4 is 0 Å². The van der Waals surface area contributed by atoms with E-state index in [0.29, 0.717) is 5.92 Å². The molecule has 0 spiro atoms. The van der Waals surface area contributed by atoms with Gasteiger partial charge in [0.2, 0.25) is 0 Å². The Hall–Kier alpha value is -0.850. The zero-order valence-corrected chi connectivity index (χ0v) is 8.60. The van der Waals surface area contributed by atoms with Gasteiger partial charge in [-0.2, -0.15) is 0 Å². The molecule has 0 radical (unpaired) electrons. The predicted molar refractivity (Wildman–Crippen MR) is 52.5 cm³/mol. The van der Waals surface area contributed by atoms with E-state index < -0.39 is 0 Å². The van der Waals surface area contributed by atoms with Gasteiger partial charge in [-0.15, -0.1) is 0 Å². The average molecular weight is 163 g/mol. The molecule has 0 saturated heterocycles. The first kappa shape index (κ1) is 9.24. The molecule has 1 aromatic rings. The maximum atomic E-state index is 4.32. The maximum absolute atomic E-state index is 4.32. The zero-order valence-electron chi connectivity index (χ0n) is 8.60. The van der Waals surface area contributed by atoms with Crippen LogP contribution < -0.4 is 0 Å². The smallest absolute Gasteiger partial charge is 0.0404 e. The number of rotatable bonds is 1. The van der Waals surface area contributed by atoms with E-state index >= 15 is 0 Å². The molecule has 66 valence electrons. The lowest BCUT2D eigenvalue weighted by molar-refractivity contribution is 0.834. The molecule has 1 heteroatoms. The van der Waals surface area contributed by atoms with E-state index in [1.807, 2.05) is 6.20 Å².